The van der Waals surface area contributed by atoms with Gasteiger partial charge in [0.15, 0.2) is 35.2 Å². The number of carbonyl (C=O) groups excluding carboxylic acids is 2. The zero-order valence-corrected chi connectivity index (χ0v) is 22.4. The van der Waals surface area contributed by atoms with Gasteiger partial charge in [0.2, 0.25) is 11.8 Å². The number of benzene rings is 2. The van der Waals surface area contributed by atoms with E-state index in [2.05, 4.69) is 10.6 Å². The summed E-state index contributed by atoms with van der Waals surface area (Å²) in [7, 11) is 0. The van der Waals surface area contributed by atoms with Gasteiger partial charge in [-0.05, 0) is 51.0 Å². The Balaban J connectivity index is 1.000. The number of para-hydroxylation sites is 4. The van der Waals surface area contributed by atoms with Gasteiger partial charge in [0.05, 0.1) is 12.1 Å². The monoisotopic (exact) mass is 524 g/mol. The zero-order valence-electron chi connectivity index (χ0n) is 22.4. The first-order chi connectivity index (χ1) is 18.5. The summed E-state index contributed by atoms with van der Waals surface area (Å²) in [5, 5.41) is 6.09. The minimum atomic E-state index is -0.200. The predicted octanol–water partition coefficient (Wildman–Crippen LogP) is 4.80. The van der Waals surface area contributed by atoms with Crippen LogP contribution in [0.15, 0.2) is 48.5 Å². The van der Waals surface area contributed by atoms with Gasteiger partial charge in [-0.3, -0.25) is 9.59 Å². The Morgan fingerprint density at radius 1 is 0.658 bits per heavy atom. The summed E-state index contributed by atoms with van der Waals surface area (Å²) in [6.07, 6.45) is 6.45. The van der Waals surface area contributed by atoms with Crippen molar-refractivity contribution in [2.24, 2.45) is 0 Å². The summed E-state index contributed by atoms with van der Waals surface area (Å²) in [6.45, 7) is 4.75. The van der Waals surface area contributed by atoms with Gasteiger partial charge >= 0.3 is 0 Å². The largest absolute Gasteiger partial charge is 0.486 e. The Morgan fingerprint density at radius 2 is 1.03 bits per heavy atom. The number of ether oxygens (including phenoxy) is 4. The Labute approximate surface area is 225 Å². The fourth-order valence-electron chi connectivity index (χ4n) is 4.68. The number of unbranched alkanes of at least 4 members (excludes halogenated alkanes) is 5. The van der Waals surface area contributed by atoms with E-state index < -0.39 is 0 Å². The number of rotatable bonds is 13. The summed E-state index contributed by atoms with van der Waals surface area (Å²) in [4.78, 5) is 24.7. The van der Waals surface area contributed by atoms with E-state index in [-0.39, 0.29) is 36.1 Å². The fourth-order valence-corrected chi connectivity index (χ4v) is 4.68. The van der Waals surface area contributed by atoms with Crippen LogP contribution in [0.1, 0.15) is 65.2 Å². The number of fused-ring (bicyclic) bond motifs is 2. The van der Waals surface area contributed by atoms with Gasteiger partial charge in [0.25, 0.3) is 0 Å². The Morgan fingerprint density at radius 3 is 1.45 bits per heavy atom. The summed E-state index contributed by atoms with van der Waals surface area (Å²) in [5.74, 6) is 3.01. The topological polar surface area (TPSA) is 95.1 Å². The molecule has 0 spiro atoms. The molecule has 0 aliphatic carbocycles. The van der Waals surface area contributed by atoms with Crippen molar-refractivity contribution in [1.29, 1.82) is 0 Å². The molecular weight excluding hydrogens is 484 g/mol. The molecule has 206 valence electrons. The van der Waals surface area contributed by atoms with Crippen LogP contribution >= 0.6 is 0 Å². The van der Waals surface area contributed by atoms with E-state index in [1.54, 1.807) is 0 Å². The van der Waals surface area contributed by atoms with E-state index in [4.69, 9.17) is 18.9 Å². The molecule has 0 fully saturated rings. The first-order valence-corrected chi connectivity index (χ1v) is 13.9. The molecule has 0 saturated heterocycles. The van der Waals surface area contributed by atoms with Crippen molar-refractivity contribution in [3.8, 4) is 23.0 Å². The van der Waals surface area contributed by atoms with Crippen LogP contribution < -0.4 is 29.6 Å². The highest BCUT2D eigenvalue weighted by atomic mass is 16.6. The summed E-state index contributed by atoms with van der Waals surface area (Å²) in [5.41, 5.74) is 0. The van der Waals surface area contributed by atoms with Crippen LogP contribution in [0.5, 0.6) is 23.0 Å². The maximum absolute atomic E-state index is 12.3. The van der Waals surface area contributed by atoms with Gasteiger partial charge in [0.1, 0.15) is 13.2 Å². The van der Waals surface area contributed by atoms with E-state index in [0.717, 1.165) is 61.5 Å². The standard InChI is InChI=1S/C30H40N2O6/c1-21(27-19-35-23-13-9-11-15-25(23)37-27)31-29(33)17-7-5-3-4-6-8-18-30(34)32-22(2)28-20-36-24-14-10-12-16-26(24)38-28/h9-16,21-22,27-28H,3-8,17-20H2,1-2H3,(H,31,33)(H,32,34)/t21-,22+,27+,28-. The van der Waals surface area contributed by atoms with Gasteiger partial charge in [-0.1, -0.05) is 49.9 Å². The molecule has 0 aromatic heterocycles. The highest BCUT2D eigenvalue weighted by molar-refractivity contribution is 5.76. The van der Waals surface area contributed by atoms with Crippen LogP contribution in [0.25, 0.3) is 0 Å². The van der Waals surface area contributed by atoms with E-state index in [0.29, 0.717) is 26.1 Å². The Bertz CT molecular complexity index is 977. The minimum absolute atomic E-state index is 0.0431. The number of amides is 2. The molecule has 2 N–H and O–H groups in total. The maximum atomic E-state index is 12.3. The second kappa shape index (κ2) is 13.9. The number of nitrogens with one attached hydrogen (secondary N) is 2. The Kier molecular flexibility index (Phi) is 10.1. The third-order valence-corrected chi connectivity index (χ3v) is 7.01. The number of carbonyl (C=O) groups is 2. The third-order valence-electron chi connectivity index (χ3n) is 7.01. The average molecular weight is 525 g/mol. The van der Waals surface area contributed by atoms with Crippen LogP contribution in [0.2, 0.25) is 0 Å². The first-order valence-electron chi connectivity index (χ1n) is 13.9. The van der Waals surface area contributed by atoms with Crippen LogP contribution in [0, 0.1) is 0 Å². The van der Waals surface area contributed by atoms with Crippen LogP contribution in [-0.4, -0.2) is 49.3 Å². The van der Waals surface area contributed by atoms with E-state index >= 15 is 0 Å². The molecule has 2 aromatic rings. The molecule has 38 heavy (non-hydrogen) atoms. The molecular formula is C30H40N2O6. The van der Waals surface area contributed by atoms with Crippen molar-refractivity contribution >= 4 is 11.8 Å². The molecule has 0 saturated carbocycles. The van der Waals surface area contributed by atoms with Crippen LogP contribution in [0.4, 0.5) is 0 Å². The lowest BCUT2D eigenvalue weighted by Gasteiger charge is -2.30. The third kappa shape index (κ3) is 8.04. The SMILES string of the molecule is C[C@H](NC(=O)CCCCCCCCC(=O)N[C@H](C)[C@@H]1COc2ccccc2O1)[C@H]1COc2ccccc2O1. The van der Waals surface area contributed by atoms with Gasteiger partial charge in [-0.25, -0.2) is 0 Å². The summed E-state index contributed by atoms with van der Waals surface area (Å²) >= 11 is 0. The molecule has 4 rings (SSSR count). The lowest BCUT2D eigenvalue weighted by Crippen LogP contribution is -2.48. The molecule has 2 aliphatic heterocycles. The molecule has 8 nitrogen and oxygen atoms in total. The van der Waals surface area contributed by atoms with E-state index in [1.807, 2.05) is 62.4 Å². The summed E-state index contributed by atoms with van der Waals surface area (Å²) < 4.78 is 23.4. The van der Waals surface area contributed by atoms with E-state index in [1.165, 1.54) is 0 Å². The lowest BCUT2D eigenvalue weighted by molar-refractivity contribution is -0.123. The van der Waals surface area contributed by atoms with Gasteiger partial charge in [0, 0.05) is 12.8 Å². The molecule has 2 aliphatic rings. The fraction of sp³-hybridized carbons (Fsp3) is 0.533. The average Bonchev–Trinajstić information content (AvgIpc) is 2.93. The number of hydrogen-bond donors (Lipinski definition) is 2. The second-order valence-corrected chi connectivity index (χ2v) is 10.2. The predicted molar refractivity (Wildman–Crippen MR) is 145 cm³/mol. The van der Waals surface area contributed by atoms with Crippen molar-refractivity contribution in [3.05, 3.63) is 48.5 Å². The van der Waals surface area contributed by atoms with Gasteiger partial charge < -0.3 is 29.6 Å². The molecule has 0 radical (unpaired) electrons. The molecule has 0 unspecified atom stereocenters. The first kappa shape index (κ1) is 27.6. The van der Waals surface area contributed by atoms with Crippen molar-refractivity contribution in [2.45, 2.75) is 89.5 Å². The molecule has 8 heteroatoms. The van der Waals surface area contributed by atoms with Crippen molar-refractivity contribution in [3.63, 3.8) is 0 Å². The molecule has 2 heterocycles. The Hall–Kier alpha value is -3.42. The van der Waals surface area contributed by atoms with Crippen molar-refractivity contribution in [2.75, 3.05) is 13.2 Å². The molecule has 0 bridgehead atoms. The number of hydrogen-bond acceptors (Lipinski definition) is 6. The van der Waals surface area contributed by atoms with Gasteiger partial charge in [-0.15, -0.1) is 0 Å². The normalized spacial score (nSPS) is 19.2. The smallest absolute Gasteiger partial charge is 0.220 e. The summed E-state index contributed by atoms with van der Waals surface area (Å²) in [6, 6.07) is 14.9. The highest BCUT2D eigenvalue weighted by Crippen LogP contribution is 2.32. The highest BCUT2D eigenvalue weighted by Gasteiger charge is 2.28. The maximum Gasteiger partial charge on any atom is 0.220 e. The zero-order chi connectivity index (χ0) is 26.7. The molecule has 2 aromatic carbocycles. The van der Waals surface area contributed by atoms with Gasteiger partial charge in [-0.2, -0.15) is 0 Å². The lowest BCUT2D eigenvalue weighted by atomic mass is 10.1. The molecule has 2 amide bonds. The molecule has 4 atom stereocenters. The van der Waals surface area contributed by atoms with Crippen LogP contribution in [-0.2, 0) is 9.59 Å². The minimum Gasteiger partial charge on any atom is -0.486 e. The van der Waals surface area contributed by atoms with Crippen molar-refractivity contribution in [1.82, 2.24) is 10.6 Å². The van der Waals surface area contributed by atoms with Crippen molar-refractivity contribution < 1.29 is 28.5 Å². The van der Waals surface area contributed by atoms with E-state index in [9.17, 15) is 9.59 Å². The van der Waals surface area contributed by atoms with Crippen LogP contribution in [0.3, 0.4) is 0 Å². The quantitative estimate of drug-likeness (QED) is 0.366. The second-order valence-electron chi connectivity index (χ2n) is 10.2.